The monoisotopic (exact) mass is 268 g/mol. The zero-order chi connectivity index (χ0) is 12.3. The van der Waals surface area contributed by atoms with Gasteiger partial charge in [0.05, 0.1) is 17.1 Å². The number of thiazole rings is 1. The Labute approximate surface area is 107 Å². The number of nitrogens with zero attached hydrogens (tertiary/aromatic N) is 2. The molecule has 0 aliphatic heterocycles. The summed E-state index contributed by atoms with van der Waals surface area (Å²) in [4.78, 5) is 17.9. The van der Waals surface area contributed by atoms with Gasteiger partial charge in [-0.25, -0.2) is 4.98 Å². The van der Waals surface area contributed by atoms with E-state index in [9.17, 15) is 4.79 Å². The Kier molecular flexibility index (Phi) is 3.88. The predicted octanol–water partition coefficient (Wildman–Crippen LogP) is 2.39. The standard InChI is InChI=1S/C11H12N2O2S2/c1-13(6-10(14)15)5-8-7-17-11(12-8)9-3-2-4-16-9/h2-4,7H,5-6H2,1H3,(H,14,15). The maximum Gasteiger partial charge on any atom is 0.317 e. The summed E-state index contributed by atoms with van der Waals surface area (Å²) in [6.45, 7) is 0.597. The summed E-state index contributed by atoms with van der Waals surface area (Å²) in [7, 11) is 1.78. The highest BCUT2D eigenvalue weighted by molar-refractivity contribution is 7.20. The second-order valence-corrected chi connectivity index (χ2v) is 5.49. The van der Waals surface area contributed by atoms with Crippen molar-refractivity contribution in [3.05, 3.63) is 28.6 Å². The van der Waals surface area contributed by atoms with Crippen molar-refractivity contribution in [2.45, 2.75) is 6.54 Å². The number of aliphatic carboxylic acids is 1. The van der Waals surface area contributed by atoms with E-state index in [1.54, 1.807) is 34.6 Å². The van der Waals surface area contributed by atoms with Gasteiger partial charge in [-0.1, -0.05) is 6.07 Å². The minimum absolute atomic E-state index is 0.0336. The fourth-order valence-electron chi connectivity index (χ4n) is 1.46. The molecule has 0 aliphatic rings. The van der Waals surface area contributed by atoms with Gasteiger partial charge in [0.2, 0.25) is 0 Å². The van der Waals surface area contributed by atoms with Gasteiger partial charge in [0.15, 0.2) is 0 Å². The van der Waals surface area contributed by atoms with Crippen LogP contribution >= 0.6 is 22.7 Å². The fourth-order valence-corrected chi connectivity index (χ4v) is 3.08. The van der Waals surface area contributed by atoms with E-state index in [2.05, 4.69) is 4.98 Å². The van der Waals surface area contributed by atoms with E-state index in [1.165, 1.54) is 0 Å². The third-order valence-electron chi connectivity index (χ3n) is 2.12. The highest BCUT2D eigenvalue weighted by Gasteiger charge is 2.09. The maximum atomic E-state index is 10.5. The van der Waals surface area contributed by atoms with Crippen molar-refractivity contribution >= 4 is 28.6 Å². The Balaban J connectivity index is 2.01. The molecule has 0 radical (unpaired) electrons. The lowest BCUT2D eigenvalue weighted by atomic mass is 10.4. The van der Waals surface area contributed by atoms with Crippen molar-refractivity contribution in [3.63, 3.8) is 0 Å². The first kappa shape index (κ1) is 12.2. The van der Waals surface area contributed by atoms with Crippen LogP contribution in [0, 0.1) is 0 Å². The molecule has 0 atom stereocenters. The average Bonchev–Trinajstić information content (AvgIpc) is 2.84. The van der Waals surface area contributed by atoms with Gasteiger partial charge in [0.1, 0.15) is 5.01 Å². The van der Waals surface area contributed by atoms with E-state index in [0.717, 1.165) is 15.6 Å². The molecule has 0 aromatic carbocycles. The summed E-state index contributed by atoms with van der Waals surface area (Å²) in [5, 5.41) is 13.7. The van der Waals surface area contributed by atoms with Crippen molar-refractivity contribution in [1.29, 1.82) is 0 Å². The molecule has 0 spiro atoms. The summed E-state index contributed by atoms with van der Waals surface area (Å²) in [5.74, 6) is -0.818. The fraction of sp³-hybridized carbons (Fsp3) is 0.273. The number of carboxylic acids is 1. The van der Waals surface area contributed by atoms with Crippen LogP contribution in [-0.2, 0) is 11.3 Å². The van der Waals surface area contributed by atoms with Crippen LogP contribution in [-0.4, -0.2) is 34.6 Å². The van der Waals surface area contributed by atoms with Crippen LogP contribution in [0.15, 0.2) is 22.9 Å². The largest absolute Gasteiger partial charge is 0.480 e. The van der Waals surface area contributed by atoms with E-state index in [0.29, 0.717) is 6.54 Å². The normalized spacial score (nSPS) is 10.9. The van der Waals surface area contributed by atoms with Crippen LogP contribution in [0.2, 0.25) is 0 Å². The molecule has 2 aromatic heterocycles. The Morgan fingerprint density at radius 1 is 1.53 bits per heavy atom. The second-order valence-electron chi connectivity index (χ2n) is 3.69. The first-order valence-corrected chi connectivity index (χ1v) is 6.79. The minimum atomic E-state index is -0.818. The van der Waals surface area contributed by atoms with Gasteiger partial charge < -0.3 is 5.11 Å². The minimum Gasteiger partial charge on any atom is -0.480 e. The van der Waals surface area contributed by atoms with Crippen molar-refractivity contribution in [2.24, 2.45) is 0 Å². The Morgan fingerprint density at radius 3 is 3.00 bits per heavy atom. The molecule has 6 heteroatoms. The first-order chi connectivity index (χ1) is 8.15. The Bertz CT molecular complexity index is 493. The Hall–Kier alpha value is -1.24. The van der Waals surface area contributed by atoms with E-state index in [1.807, 2.05) is 22.9 Å². The van der Waals surface area contributed by atoms with Gasteiger partial charge in [-0.2, -0.15) is 0 Å². The summed E-state index contributed by atoms with van der Waals surface area (Å²) in [6.07, 6.45) is 0. The average molecular weight is 268 g/mol. The lowest BCUT2D eigenvalue weighted by Crippen LogP contribution is -2.25. The van der Waals surface area contributed by atoms with Crippen LogP contribution in [0.3, 0.4) is 0 Å². The quantitative estimate of drug-likeness (QED) is 0.904. The molecule has 0 amide bonds. The lowest BCUT2D eigenvalue weighted by Gasteiger charge is -2.11. The SMILES string of the molecule is CN(CC(=O)O)Cc1csc(-c2cccs2)n1. The number of hydrogen-bond donors (Lipinski definition) is 1. The number of likely N-dealkylation sites (N-methyl/N-ethyl adjacent to an activating group) is 1. The lowest BCUT2D eigenvalue weighted by molar-refractivity contribution is -0.138. The molecule has 2 heterocycles. The van der Waals surface area contributed by atoms with Gasteiger partial charge in [-0.05, 0) is 18.5 Å². The molecule has 0 fully saturated rings. The molecule has 0 saturated heterocycles. The van der Waals surface area contributed by atoms with E-state index in [-0.39, 0.29) is 6.54 Å². The van der Waals surface area contributed by atoms with Crippen LogP contribution in [0.1, 0.15) is 5.69 Å². The number of hydrogen-bond acceptors (Lipinski definition) is 5. The molecule has 4 nitrogen and oxygen atoms in total. The van der Waals surface area contributed by atoms with Crippen LogP contribution in [0.5, 0.6) is 0 Å². The maximum absolute atomic E-state index is 10.5. The smallest absolute Gasteiger partial charge is 0.317 e. The van der Waals surface area contributed by atoms with Crippen molar-refractivity contribution in [1.82, 2.24) is 9.88 Å². The third-order valence-corrected chi connectivity index (χ3v) is 4.05. The Morgan fingerprint density at radius 2 is 2.35 bits per heavy atom. The molecule has 0 unspecified atom stereocenters. The summed E-state index contributed by atoms with van der Waals surface area (Å²) < 4.78 is 0. The summed E-state index contributed by atoms with van der Waals surface area (Å²) in [6, 6.07) is 4.03. The zero-order valence-electron chi connectivity index (χ0n) is 9.29. The van der Waals surface area contributed by atoms with Gasteiger partial charge in [0, 0.05) is 11.9 Å². The number of carbonyl (C=O) groups is 1. The summed E-state index contributed by atoms with van der Waals surface area (Å²) in [5.41, 5.74) is 0.919. The molecule has 1 N–H and O–H groups in total. The van der Waals surface area contributed by atoms with Gasteiger partial charge in [-0.15, -0.1) is 22.7 Å². The topological polar surface area (TPSA) is 53.4 Å². The molecular formula is C11H12N2O2S2. The molecular weight excluding hydrogens is 256 g/mol. The summed E-state index contributed by atoms with van der Waals surface area (Å²) >= 11 is 3.25. The van der Waals surface area contributed by atoms with Crippen LogP contribution in [0.25, 0.3) is 9.88 Å². The van der Waals surface area contributed by atoms with Crippen LogP contribution < -0.4 is 0 Å². The van der Waals surface area contributed by atoms with Crippen LogP contribution in [0.4, 0.5) is 0 Å². The molecule has 0 bridgehead atoms. The molecule has 0 saturated carbocycles. The molecule has 2 rings (SSSR count). The number of rotatable bonds is 5. The van der Waals surface area contributed by atoms with E-state index in [4.69, 9.17) is 5.11 Å². The number of carboxylic acid groups (broad SMARTS) is 1. The first-order valence-electron chi connectivity index (χ1n) is 5.04. The number of thiophene rings is 1. The van der Waals surface area contributed by atoms with Gasteiger partial charge in [0.25, 0.3) is 0 Å². The molecule has 17 heavy (non-hydrogen) atoms. The molecule has 0 aliphatic carbocycles. The number of aromatic nitrogens is 1. The second kappa shape index (κ2) is 5.39. The highest BCUT2D eigenvalue weighted by Crippen LogP contribution is 2.27. The third kappa shape index (κ3) is 3.36. The van der Waals surface area contributed by atoms with E-state index >= 15 is 0 Å². The van der Waals surface area contributed by atoms with Crippen molar-refractivity contribution in [3.8, 4) is 9.88 Å². The van der Waals surface area contributed by atoms with Crippen molar-refractivity contribution < 1.29 is 9.90 Å². The molecule has 2 aromatic rings. The van der Waals surface area contributed by atoms with Crippen molar-refractivity contribution in [2.75, 3.05) is 13.6 Å². The van der Waals surface area contributed by atoms with Gasteiger partial charge >= 0.3 is 5.97 Å². The zero-order valence-corrected chi connectivity index (χ0v) is 10.9. The van der Waals surface area contributed by atoms with E-state index < -0.39 is 5.97 Å². The van der Waals surface area contributed by atoms with Gasteiger partial charge in [-0.3, -0.25) is 9.69 Å². The molecule has 90 valence electrons. The highest BCUT2D eigenvalue weighted by atomic mass is 32.1. The predicted molar refractivity (Wildman–Crippen MR) is 69.4 cm³/mol.